The van der Waals surface area contributed by atoms with Gasteiger partial charge in [-0.25, -0.2) is 4.39 Å². The maximum absolute atomic E-state index is 13.4. The molecular formula is C19H17FN2O. The zero-order chi connectivity index (χ0) is 16.1. The van der Waals surface area contributed by atoms with Crippen LogP contribution in [-0.4, -0.2) is 17.4 Å². The third-order valence-electron chi connectivity index (χ3n) is 3.69. The van der Waals surface area contributed by atoms with E-state index < -0.39 is 0 Å². The van der Waals surface area contributed by atoms with Gasteiger partial charge in [0.15, 0.2) is 0 Å². The smallest absolute Gasteiger partial charge is 0.244 e. The monoisotopic (exact) mass is 308 g/mol. The first kappa shape index (κ1) is 15.0. The van der Waals surface area contributed by atoms with Crippen LogP contribution >= 0.6 is 0 Å². The molecule has 4 heteroatoms. The Kier molecular flexibility index (Phi) is 4.52. The summed E-state index contributed by atoms with van der Waals surface area (Å²) < 4.78 is 13.4. The summed E-state index contributed by atoms with van der Waals surface area (Å²) in [7, 11) is 0. The van der Waals surface area contributed by atoms with E-state index in [2.05, 4.69) is 16.4 Å². The topological polar surface area (TPSA) is 44.9 Å². The van der Waals surface area contributed by atoms with Crippen molar-refractivity contribution < 1.29 is 9.18 Å². The summed E-state index contributed by atoms with van der Waals surface area (Å²) in [5.74, 6) is -0.566. The number of halogens is 1. The average molecular weight is 308 g/mol. The fourth-order valence-electron chi connectivity index (χ4n) is 2.49. The Hall–Kier alpha value is -2.88. The predicted molar refractivity (Wildman–Crippen MR) is 90.4 cm³/mol. The van der Waals surface area contributed by atoms with Gasteiger partial charge in [0.05, 0.1) is 0 Å². The van der Waals surface area contributed by atoms with Crippen molar-refractivity contribution in [3.63, 3.8) is 0 Å². The van der Waals surface area contributed by atoms with E-state index in [-0.39, 0.29) is 11.7 Å². The highest BCUT2D eigenvalue weighted by molar-refractivity contribution is 5.91. The molecule has 0 saturated heterocycles. The number of nitrogens with one attached hydrogen (secondary N) is 2. The van der Waals surface area contributed by atoms with Gasteiger partial charge in [0.25, 0.3) is 0 Å². The molecule has 3 rings (SSSR count). The van der Waals surface area contributed by atoms with E-state index in [1.165, 1.54) is 29.2 Å². The molecule has 0 fully saturated rings. The third kappa shape index (κ3) is 3.66. The van der Waals surface area contributed by atoms with Gasteiger partial charge in [-0.05, 0) is 30.2 Å². The Balaban J connectivity index is 1.54. The summed E-state index contributed by atoms with van der Waals surface area (Å²) in [5, 5.41) is 3.98. The summed E-state index contributed by atoms with van der Waals surface area (Å²) in [4.78, 5) is 15.0. The van der Waals surface area contributed by atoms with Crippen LogP contribution in [0.3, 0.4) is 0 Å². The lowest BCUT2D eigenvalue weighted by Crippen LogP contribution is -2.23. The highest BCUT2D eigenvalue weighted by Gasteiger charge is 2.03. The largest absolute Gasteiger partial charge is 0.361 e. The summed E-state index contributed by atoms with van der Waals surface area (Å²) in [6, 6.07) is 14.4. The molecule has 3 nitrogen and oxygen atoms in total. The molecule has 116 valence electrons. The van der Waals surface area contributed by atoms with Gasteiger partial charge >= 0.3 is 0 Å². The number of benzene rings is 2. The molecule has 0 spiro atoms. The zero-order valence-corrected chi connectivity index (χ0v) is 12.6. The van der Waals surface area contributed by atoms with E-state index >= 15 is 0 Å². The van der Waals surface area contributed by atoms with E-state index in [4.69, 9.17) is 0 Å². The molecule has 3 aromatic rings. The van der Waals surface area contributed by atoms with Crippen molar-refractivity contribution in [1.29, 1.82) is 0 Å². The molecule has 0 aliphatic heterocycles. The Bertz CT molecular complexity index is 851. The van der Waals surface area contributed by atoms with E-state index in [1.54, 1.807) is 18.2 Å². The van der Waals surface area contributed by atoms with Crippen molar-refractivity contribution in [3.8, 4) is 0 Å². The summed E-state index contributed by atoms with van der Waals surface area (Å²) >= 11 is 0. The highest BCUT2D eigenvalue weighted by atomic mass is 19.1. The van der Waals surface area contributed by atoms with E-state index in [0.29, 0.717) is 12.1 Å². The maximum Gasteiger partial charge on any atom is 0.244 e. The SMILES string of the molecule is O=C(C=Cc1ccccc1F)NCCc1c[nH]c2ccccc12. The van der Waals surface area contributed by atoms with Gasteiger partial charge in [-0.1, -0.05) is 36.4 Å². The molecule has 2 aromatic carbocycles. The van der Waals surface area contributed by atoms with E-state index in [1.807, 2.05) is 24.4 Å². The molecule has 0 unspecified atom stereocenters. The van der Waals surface area contributed by atoms with Crippen molar-refractivity contribution in [2.24, 2.45) is 0 Å². The molecule has 0 aliphatic rings. The quantitative estimate of drug-likeness (QED) is 0.694. The van der Waals surface area contributed by atoms with E-state index in [9.17, 15) is 9.18 Å². The van der Waals surface area contributed by atoms with Crippen molar-refractivity contribution in [2.75, 3.05) is 6.54 Å². The Morgan fingerprint density at radius 3 is 2.78 bits per heavy atom. The number of carbonyl (C=O) groups excluding carboxylic acids is 1. The number of hydrogen-bond acceptors (Lipinski definition) is 1. The molecule has 2 N–H and O–H groups in total. The molecular weight excluding hydrogens is 291 g/mol. The molecule has 0 atom stereocenters. The van der Waals surface area contributed by atoms with Crippen molar-refractivity contribution >= 4 is 22.9 Å². The second-order valence-corrected chi connectivity index (χ2v) is 5.26. The number of aromatic amines is 1. The number of carbonyl (C=O) groups is 1. The lowest BCUT2D eigenvalue weighted by molar-refractivity contribution is -0.116. The molecule has 0 bridgehead atoms. The molecule has 0 saturated carbocycles. The predicted octanol–water partition coefficient (Wildman–Crippen LogP) is 3.68. The molecule has 1 heterocycles. The minimum absolute atomic E-state index is 0.229. The maximum atomic E-state index is 13.4. The molecule has 23 heavy (non-hydrogen) atoms. The van der Waals surface area contributed by atoms with Gasteiger partial charge in [0, 0.05) is 35.3 Å². The van der Waals surface area contributed by atoms with Crippen LogP contribution in [0.15, 0.2) is 60.8 Å². The van der Waals surface area contributed by atoms with Crippen LogP contribution < -0.4 is 5.32 Å². The summed E-state index contributed by atoms with van der Waals surface area (Å²) in [6.07, 6.45) is 5.54. The average Bonchev–Trinajstić information content (AvgIpc) is 2.98. The number of hydrogen-bond donors (Lipinski definition) is 2. The number of para-hydroxylation sites is 1. The van der Waals surface area contributed by atoms with Crippen molar-refractivity contribution in [3.05, 3.63) is 77.7 Å². The molecule has 0 aliphatic carbocycles. The summed E-state index contributed by atoms with van der Waals surface area (Å²) in [6.45, 7) is 0.530. The number of H-pyrrole nitrogens is 1. The van der Waals surface area contributed by atoms with Crippen LogP contribution in [0.25, 0.3) is 17.0 Å². The minimum Gasteiger partial charge on any atom is -0.361 e. The van der Waals surface area contributed by atoms with Gasteiger partial charge in [0.1, 0.15) is 5.82 Å². The van der Waals surface area contributed by atoms with Gasteiger partial charge in [0.2, 0.25) is 5.91 Å². The Labute approximate surface area is 133 Å². The van der Waals surface area contributed by atoms with Crippen LogP contribution in [-0.2, 0) is 11.2 Å². The first-order valence-corrected chi connectivity index (χ1v) is 7.49. The van der Waals surface area contributed by atoms with Crippen LogP contribution in [0.4, 0.5) is 4.39 Å². The van der Waals surface area contributed by atoms with Gasteiger partial charge in [-0.3, -0.25) is 4.79 Å². The normalized spacial score (nSPS) is 11.2. The lowest BCUT2D eigenvalue weighted by atomic mass is 10.1. The number of amides is 1. The first-order chi connectivity index (χ1) is 11.2. The van der Waals surface area contributed by atoms with Crippen molar-refractivity contribution in [1.82, 2.24) is 10.3 Å². The number of fused-ring (bicyclic) bond motifs is 1. The number of aromatic nitrogens is 1. The molecule has 0 radical (unpaired) electrons. The van der Waals surface area contributed by atoms with Gasteiger partial charge in [-0.15, -0.1) is 0 Å². The second kappa shape index (κ2) is 6.92. The van der Waals surface area contributed by atoms with E-state index in [0.717, 1.165) is 11.9 Å². The summed E-state index contributed by atoms with van der Waals surface area (Å²) in [5.41, 5.74) is 2.66. The third-order valence-corrected chi connectivity index (χ3v) is 3.69. The second-order valence-electron chi connectivity index (χ2n) is 5.26. The van der Waals surface area contributed by atoms with Crippen molar-refractivity contribution in [2.45, 2.75) is 6.42 Å². The lowest BCUT2D eigenvalue weighted by Gasteiger charge is -2.02. The van der Waals surface area contributed by atoms with Gasteiger partial charge < -0.3 is 10.3 Å². The van der Waals surface area contributed by atoms with Crippen LogP contribution in [0, 0.1) is 5.82 Å². The Morgan fingerprint density at radius 2 is 1.91 bits per heavy atom. The molecule has 1 amide bonds. The van der Waals surface area contributed by atoms with Crippen LogP contribution in [0.1, 0.15) is 11.1 Å². The minimum atomic E-state index is -0.338. The standard InChI is InChI=1S/C19H17FN2O/c20-17-7-3-1-5-14(17)9-10-19(23)21-12-11-15-13-22-18-8-4-2-6-16(15)18/h1-10,13,22H,11-12H2,(H,21,23). The number of rotatable bonds is 5. The fourth-order valence-corrected chi connectivity index (χ4v) is 2.49. The van der Waals surface area contributed by atoms with Crippen LogP contribution in [0.2, 0.25) is 0 Å². The first-order valence-electron chi connectivity index (χ1n) is 7.49. The van der Waals surface area contributed by atoms with Crippen LogP contribution in [0.5, 0.6) is 0 Å². The highest BCUT2D eigenvalue weighted by Crippen LogP contribution is 2.17. The zero-order valence-electron chi connectivity index (χ0n) is 12.6. The molecule has 1 aromatic heterocycles. The van der Waals surface area contributed by atoms with Gasteiger partial charge in [-0.2, -0.15) is 0 Å². The fraction of sp³-hybridized carbons (Fsp3) is 0.105. The Morgan fingerprint density at radius 1 is 1.13 bits per heavy atom.